The lowest BCUT2D eigenvalue weighted by atomic mass is 9.69. The smallest absolute Gasteiger partial charge is 0.254 e. The second-order valence-corrected chi connectivity index (χ2v) is 5.43. The van der Waals surface area contributed by atoms with Crippen molar-refractivity contribution in [2.75, 3.05) is 4.90 Å². The second-order valence-electron chi connectivity index (χ2n) is 5.43. The van der Waals surface area contributed by atoms with Crippen molar-refractivity contribution < 1.29 is 9.59 Å². The predicted octanol–water partition coefficient (Wildman–Crippen LogP) is 1.25. The summed E-state index contributed by atoms with van der Waals surface area (Å²) in [6.45, 7) is 0.400. The van der Waals surface area contributed by atoms with Gasteiger partial charge in [0.2, 0.25) is 5.91 Å². The molecule has 0 unspecified atom stereocenters. The summed E-state index contributed by atoms with van der Waals surface area (Å²) in [5.41, 5.74) is 6.95. The molecule has 3 rings (SSSR count). The van der Waals surface area contributed by atoms with E-state index in [9.17, 15) is 14.9 Å². The van der Waals surface area contributed by atoms with Crippen LogP contribution in [0.25, 0.3) is 0 Å². The van der Waals surface area contributed by atoms with Gasteiger partial charge in [-0.1, -0.05) is 12.1 Å². The van der Waals surface area contributed by atoms with Crippen molar-refractivity contribution in [1.29, 1.82) is 5.26 Å². The summed E-state index contributed by atoms with van der Waals surface area (Å²) in [5, 5.41) is 9.26. The molecule has 1 heterocycles. The standard InChI is InChI=1S/C15H15N3O2/c16-8-10-2-3-12-11(6-10)7-13(19)18(12)14(20)15(9-17)4-1-5-15/h2-3,6H,1,4-5,7-8,16H2. The number of fused-ring (bicyclic) bond motifs is 1. The van der Waals surface area contributed by atoms with Crippen LogP contribution in [0, 0.1) is 16.7 Å². The van der Waals surface area contributed by atoms with Crippen molar-refractivity contribution in [3.63, 3.8) is 0 Å². The number of carbonyl (C=O) groups excluding carboxylic acids is 2. The fraction of sp³-hybridized carbons (Fsp3) is 0.400. The van der Waals surface area contributed by atoms with E-state index < -0.39 is 5.41 Å². The maximum absolute atomic E-state index is 12.6. The van der Waals surface area contributed by atoms with Gasteiger partial charge in [-0.25, -0.2) is 4.90 Å². The molecule has 2 aliphatic rings. The quantitative estimate of drug-likeness (QED) is 0.819. The molecule has 0 spiro atoms. The summed E-state index contributed by atoms with van der Waals surface area (Å²) in [4.78, 5) is 25.9. The van der Waals surface area contributed by atoms with Gasteiger partial charge in [0.15, 0.2) is 0 Å². The molecule has 20 heavy (non-hydrogen) atoms. The van der Waals surface area contributed by atoms with Crippen LogP contribution in [0.4, 0.5) is 5.69 Å². The van der Waals surface area contributed by atoms with E-state index in [1.54, 1.807) is 6.07 Å². The molecule has 0 radical (unpaired) electrons. The number of rotatable bonds is 2. The molecule has 1 aliphatic heterocycles. The van der Waals surface area contributed by atoms with Crippen LogP contribution in [0.1, 0.15) is 30.4 Å². The minimum atomic E-state index is -0.996. The number of benzene rings is 1. The lowest BCUT2D eigenvalue weighted by Gasteiger charge is -2.36. The highest BCUT2D eigenvalue weighted by molar-refractivity contribution is 6.21. The van der Waals surface area contributed by atoms with Gasteiger partial charge < -0.3 is 5.73 Å². The molecule has 2 amide bonds. The average molecular weight is 269 g/mol. The van der Waals surface area contributed by atoms with Gasteiger partial charge in [0, 0.05) is 6.54 Å². The Morgan fingerprint density at radius 1 is 1.45 bits per heavy atom. The van der Waals surface area contributed by atoms with E-state index in [0.717, 1.165) is 17.5 Å². The molecule has 1 fully saturated rings. The number of hydrogen-bond donors (Lipinski definition) is 1. The topological polar surface area (TPSA) is 87.2 Å². The second kappa shape index (κ2) is 4.43. The third-order valence-corrected chi connectivity index (χ3v) is 4.25. The number of hydrogen-bond acceptors (Lipinski definition) is 4. The first-order valence-corrected chi connectivity index (χ1v) is 6.72. The summed E-state index contributed by atoms with van der Waals surface area (Å²) in [5.74, 6) is -0.615. The number of nitrogens with two attached hydrogens (primary N) is 1. The maximum atomic E-state index is 12.6. The van der Waals surface area contributed by atoms with Crippen LogP contribution in [0.5, 0.6) is 0 Å². The maximum Gasteiger partial charge on any atom is 0.254 e. The zero-order chi connectivity index (χ0) is 14.3. The third-order valence-electron chi connectivity index (χ3n) is 4.25. The van der Waals surface area contributed by atoms with Crippen molar-refractivity contribution in [1.82, 2.24) is 0 Å². The first-order chi connectivity index (χ1) is 9.61. The van der Waals surface area contributed by atoms with E-state index in [2.05, 4.69) is 6.07 Å². The van der Waals surface area contributed by atoms with Crippen molar-refractivity contribution in [3.8, 4) is 6.07 Å². The Hall–Kier alpha value is -2.19. The van der Waals surface area contributed by atoms with Crippen molar-refractivity contribution in [3.05, 3.63) is 29.3 Å². The third kappa shape index (κ3) is 1.65. The molecule has 102 valence electrons. The number of anilines is 1. The number of imide groups is 1. The Bertz CT molecular complexity index is 641. The molecule has 1 aliphatic carbocycles. The summed E-state index contributed by atoms with van der Waals surface area (Å²) in [7, 11) is 0. The minimum absolute atomic E-state index is 0.205. The molecule has 0 aromatic heterocycles. The highest BCUT2D eigenvalue weighted by atomic mass is 16.2. The largest absolute Gasteiger partial charge is 0.326 e. The van der Waals surface area contributed by atoms with E-state index in [1.807, 2.05) is 12.1 Å². The highest BCUT2D eigenvalue weighted by Crippen LogP contribution is 2.44. The van der Waals surface area contributed by atoms with Crippen LogP contribution >= 0.6 is 0 Å². The van der Waals surface area contributed by atoms with Gasteiger partial charge in [-0.2, -0.15) is 5.26 Å². The highest BCUT2D eigenvalue weighted by Gasteiger charge is 2.50. The minimum Gasteiger partial charge on any atom is -0.326 e. The molecule has 1 saturated carbocycles. The number of nitrogens with zero attached hydrogens (tertiary/aromatic N) is 2. The molecule has 0 atom stereocenters. The molecular formula is C15H15N3O2. The predicted molar refractivity (Wildman–Crippen MR) is 72.4 cm³/mol. The Kier molecular flexibility index (Phi) is 2.84. The Morgan fingerprint density at radius 3 is 2.75 bits per heavy atom. The fourth-order valence-corrected chi connectivity index (χ4v) is 2.84. The lowest BCUT2D eigenvalue weighted by Crippen LogP contribution is -2.48. The molecule has 0 saturated heterocycles. The van der Waals surface area contributed by atoms with Gasteiger partial charge in [-0.15, -0.1) is 0 Å². The SMILES string of the molecule is N#CC1(C(=O)N2C(=O)Cc3cc(CN)ccc32)CCC1. The fourth-order valence-electron chi connectivity index (χ4n) is 2.84. The molecule has 1 aromatic rings. The first-order valence-electron chi connectivity index (χ1n) is 6.72. The van der Waals surface area contributed by atoms with Gasteiger partial charge in [-0.3, -0.25) is 9.59 Å². The van der Waals surface area contributed by atoms with Crippen LogP contribution < -0.4 is 10.6 Å². The molecule has 0 bridgehead atoms. The van der Waals surface area contributed by atoms with Crippen molar-refractivity contribution >= 4 is 17.5 Å². The van der Waals surface area contributed by atoms with Crippen molar-refractivity contribution in [2.45, 2.75) is 32.2 Å². The van der Waals surface area contributed by atoms with Crippen LogP contribution in [0.3, 0.4) is 0 Å². The summed E-state index contributed by atoms with van der Waals surface area (Å²) >= 11 is 0. The van der Waals surface area contributed by atoms with Crippen molar-refractivity contribution in [2.24, 2.45) is 11.1 Å². The summed E-state index contributed by atoms with van der Waals surface area (Å²) in [6, 6.07) is 7.53. The van der Waals surface area contributed by atoms with E-state index in [0.29, 0.717) is 25.1 Å². The van der Waals surface area contributed by atoms with Crippen LogP contribution in [-0.2, 0) is 22.6 Å². The molecule has 1 aromatic carbocycles. The zero-order valence-electron chi connectivity index (χ0n) is 11.1. The van der Waals surface area contributed by atoms with Crippen LogP contribution in [-0.4, -0.2) is 11.8 Å². The Labute approximate surface area is 117 Å². The monoisotopic (exact) mass is 269 g/mol. The normalized spacial score (nSPS) is 19.2. The number of nitriles is 1. The van der Waals surface area contributed by atoms with E-state index in [-0.39, 0.29) is 18.2 Å². The Morgan fingerprint density at radius 2 is 2.20 bits per heavy atom. The Balaban J connectivity index is 1.99. The average Bonchev–Trinajstić information content (AvgIpc) is 2.72. The summed E-state index contributed by atoms with van der Waals surface area (Å²) in [6.07, 6.45) is 2.15. The van der Waals surface area contributed by atoms with E-state index >= 15 is 0 Å². The number of carbonyl (C=O) groups is 2. The van der Waals surface area contributed by atoms with Gasteiger partial charge in [0.05, 0.1) is 18.2 Å². The number of amides is 2. The molecule has 2 N–H and O–H groups in total. The lowest BCUT2D eigenvalue weighted by molar-refractivity contribution is -0.132. The zero-order valence-corrected chi connectivity index (χ0v) is 11.1. The van der Waals surface area contributed by atoms with Gasteiger partial charge in [0.1, 0.15) is 5.41 Å². The molecular weight excluding hydrogens is 254 g/mol. The van der Waals surface area contributed by atoms with Crippen LogP contribution in [0.15, 0.2) is 18.2 Å². The first kappa shape index (κ1) is 12.8. The molecule has 5 heteroatoms. The summed E-state index contributed by atoms with van der Waals surface area (Å²) < 4.78 is 0. The van der Waals surface area contributed by atoms with Crippen LogP contribution in [0.2, 0.25) is 0 Å². The van der Waals surface area contributed by atoms with Gasteiger partial charge in [-0.05, 0) is 36.5 Å². The van der Waals surface area contributed by atoms with E-state index in [1.165, 1.54) is 4.90 Å². The van der Waals surface area contributed by atoms with Gasteiger partial charge in [0.25, 0.3) is 5.91 Å². The van der Waals surface area contributed by atoms with E-state index in [4.69, 9.17) is 5.73 Å². The van der Waals surface area contributed by atoms with Gasteiger partial charge >= 0.3 is 0 Å². The molecule has 5 nitrogen and oxygen atoms in total.